The number of halogens is 4. The zero-order chi connectivity index (χ0) is 11.3. The molecule has 0 aliphatic rings. The Morgan fingerprint density at radius 3 is 2.73 bits per heavy atom. The van der Waals surface area contributed by atoms with Crippen LogP contribution in [0.2, 0.25) is 0 Å². The molecule has 15 heavy (non-hydrogen) atoms. The van der Waals surface area contributed by atoms with Gasteiger partial charge in [-0.05, 0) is 18.2 Å². The third kappa shape index (κ3) is 3.72. The lowest BCUT2D eigenvalue weighted by Gasteiger charge is -2.06. The highest BCUT2D eigenvalue weighted by molar-refractivity contribution is 6.19. The van der Waals surface area contributed by atoms with Gasteiger partial charge in [-0.2, -0.15) is 8.78 Å². The van der Waals surface area contributed by atoms with Gasteiger partial charge in [0.1, 0.15) is 11.6 Å². The van der Waals surface area contributed by atoms with Crippen molar-refractivity contribution >= 4 is 11.6 Å². The van der Waals surface area contributed by atoms with Gasteiger partial charge >= 0.3 is 6.61 Å². The van der Waals surface area contributed by atoms with Crippen LogP contribution in [0.15, 0.2) is 18.2 Å². The molecule has 0 heterocycles. The first-order valence-electron chi connectivity index (χ1n) is 3.92. The van der Waals surface area contributed by atoms with E-state index in [0.717, 1.165) is 18.2 Å². The van der Waals surface area contributed by atoms with Crippen LogP contribution in [0, 0.1) is 17.7 Å². The fourth-order valence-corrected chi connectivity index (χ4v) is 0.994. The summed E-state index contributed by atoms with van der Waals surface area (Å²) >= 11 is 5.29. The molecule has 0 saturated heterocycles. The van der Waals surface area contributed by atoms with Crippen molar-refractivity contribution in [1.82, 2.24) is 0 Å². The summed E-state index contributed by atoms with van der Waals surface area (Å²) in [7, 11) is 0. The maximum atomic E-state index is 12.8. The number of rotatable bonds is 2. The number of hydrogen-bond acceptors (Lipinski definition) is 1. The predicted molar refractivity (Wildman–Crippen MR) is 50.6 cm³/mol. The van der Waals surface area contributed by atoms with Crippen LogP contribution >= 0.6 is 11.6 Å². The molecule has 1 aromatic rings. The second-order valence-electron chi connectivity index (χ2n) is 2.45. The molecule has 0 unspecified atom stereocenters. The lowest BCUT2D eigenvalue weighted by Crippen LogP contribution is -2.03. The molecule has 0 aromatic heterocycles. The molecule has 0 aliphatic heterocycles. The molecule has 0 radical (unpaired) electrons. The van der Waals surface area contributed by atoms with Crippen LogP contribution in [0.5, 0.6) is 5.75 Å². The maximum absolute atomic E-state index is 12.8. The molecule has 0 saturated carbocycles. The molecule has 0 atom stereocenters. The van der Waals surface area contributed by atoms with Gasteiger partial charge in [-0.15, -0.1) is 11.6 Å². The third-order valence-corrected chi connectivity index (χ3v) is 1.58. The summed E-state index contributed by atoms with van der Waals surface area (Å²) < 4.78 is 40.8. The molecular weight excluding hydrogens is 229 g/mol. The topological polar surface area (TPSA) is 9.23 Å². The Labute approximate surface area is 89.8 Å². The van der Waals surface area contributed by atoms with Gasteiger partial charge in [-0.3, -0.25) is 0 Å². The van der Waals surface area contributed by atoms with Crippen molar-refractivity contribution in [1.29, 1.82) is 0 Å². The lowest BCUT2D eigenvalue weighted by atomic mass is 10.2. The Balaban J connectivity index is 3.03. The first-order valence-corrected chi connectivity index (χ1v) is 4.46. The van der Waals surface area contributed by atoms with Crippen LogP contribution in [-0.2, 0) is 0 Å². The van der Waals surface area contributed by atoms with Gasteiger partial charge < -0.3 is 4.74 Å². The van der Waals surface area contributed by atoms with Crippen LogP contribution in [0.1, 0.15) is 5.56 Å². The fraction of sp³-hybridized carbons (Fsp3) is 0.200. The quantitative estimate of drug-likeness (QED) is 0.565. The van der Waals surface area contributed by atoms with Crippen molar-refractivity contribution in [2.24, 2.45) is 0 Å². The number of alkyl halides is 3. The first-order chi connectivity index (χ1) is 7.13. The van der Waals surface area contributed by atoms with E-state index in [0.29, 0.717) is 0 Å². The van der Waals surface area contributed by atoms with E-state index in [4.69, 9.17) is 11.6 Å². The highest BCUT2D eigenvalue weighted by Gasteiger charge is 2.08. The van der Waals surface area contributed by atoms with E-state index >= 15 is 0 Å². The fourth-order valence-electron chi connectivity index (χ4n) is 0.927. The van der Waals surface area contributed by atoms with Gasteiger partial charge in [-0.25, -0.2) is 4.39 Å². The van der Waals surface area contributed by atoms with Crippen molar-refractivity contribution in [3.05, 3.63) is 29.6 Å². The van der Waals surface area contributed by atoms with Crippen molar-refractivity contribution in [2.45, 2.75) is 6.61 Å². The second-order valence-corrected chi connectivity index (χ2v) is 2.72. The highest BCUT2D eigenvalue weighted by Crippen LogP contribution is 2.20. The zero-order valence-corrected chi connectivity index (χ0v) is 8.19. The van der Waals surface area contributed by atoms with Gasteiger partial charge in [0.2, 0.25) is 0 Å². The summed E-state index contributed by atoms with van der Waals surface area (Å²) in [4.78, 5) is 0. The Bertz CT molecular complexity index is 395. The molecule has 80 valence electrons. The van der Waals surface area contributed by atoms with E-state index in [-0.39, 0.29) is 17.2 Å². The van der Waals surface area contributed by atoms with Crippen LogP contribution < -0.4 is 4.74 Å². The summed E-state index contributed by atoms with van der Waals surface area (Å²) in [5.41, 5.74) is 0.0518. The molecule has 0 amide bonds. The van der Waals surface area contributed by atoms with Gasteiger partial charge in [0.15, 0.2) is 0 Å². The monoisotopic (exact) mass is 234 g/mol. The summed E-state index contributed by atoms with van der Waals surface area (Å²) in [6.45, 7) is -2.97. The number of benzene rings is 1. The largest absolute Gasteiger partial charge is 0.433 e. The maximum Gasteiger partial charge on any atom is 0.387 e. The average molecular weight is 235 g/mol. The van der Waals surface area contributed by atoms with E-state index in [1.807, 2.05) is 0 Å². The molecular formula is C10H6ClF3O. The van der Waals surface area contributed by atoms with Gasteiger partial charge in [0.05, 0.1) is 11.4 Å². The first kappa shape index (κ1) is 11.7. The molecule has 1 aromatic carbocycles. The van der Waals surface area contributed by atoms with Crippen LogP contribution in [0.4, 0.5) is 13.2 Å². The van der Waals surface area contributed by atoms with E-state index in [9.17, 15) is 13.2 Å². The molecule has 0 spiro atoms. The van der Waals surface area contributed by atoms with Crippen LogP contribution in [-0.4, -0.2) is 12.5 Å². The van der Waals surface area contributed by atoms with Crippen molar-refractivity contribution in [3.8, 4) is 17.6 Å². The van der Waals surface area contributed by atoms with E-state index < -0.39 is 12.4 Å². The van der Waals surface area contributed by atoms with E-state index in [2.05, 4.69) is 16.6 Å². The smallest absolute Gasteiger partial charge is 0.387 e. The number of hydrogen-bond donors (Lipinski definition) is 0. The molecule has 1 nitrogen and oxygen atoms in total. The third-order valence-electron chi connectivity index (χ3n) is 1.45. The summed E-state index contributed by atoms with van der Waals surface area (Å²) in [5, 5.41) is 0. The zero-order valence-electron chi connectivity index (χ0n) is 7.44. The molecule has 0 aliphatic carbocycles. The second kappa shape index (κ2) is 5.52. The average Bonchev–Trinajstić information content (AvgIpc) is 2.18. The van der Waals surface area contributed by atoms with Crippen molar-refractivity contribution in [3.63, 3.8) is 0 Å². The molecule has 1 rings (SSSR count). The minimum atomic E-state index is -2.97. The molecule has 0 N–H and O–H groups in total. The summed E-state index contributed by atoms with van der Waals surface area (Å²) in [6, 6.07) is 3.13. The van der Waals surface area contributed by atoms with E-state index in [1.165, 1.54) is 0 Å². The highest BCUT2D eigenvalue weighted by atomic mass is 35.5. The normalized spacial score (nSPS) is 9.67. The summed E-state index contributed by atoms with van der Waals surface area (Å²) in [5.74, 6) is 4.15. The van der Waals surface area contributed by atoms with Crippen LogP contribution in [0.25, 0.3) is 0 Å². The SMILES string of the molecule is Fc1ccc(OC(F)F)c(C#CCCl)c1. The van der Waals surface area contributed by atoms with Gasteiger partial charge in [-0.1, -0.05) is 11.8 Å². The number of ether oxygens (including phenoxy) is 1. The minimum absolute atomic E-state index is 0.0324. The van der Waals surface area contributed by atoms with Gasteiger partial charge in [0, 0.05) is 0 Å². The lowest BCUT2D eigenvalue weighted by molar-refractivity contribution is -0.0500. The summed E-state index contributed by atoms with van der Waals surface area (Å²) in [6.07, 6.45) is 0. The molecule has 0 fully saturated rings. The molecule has 0 bridgehead atoms. The Hall–Kier alpha value is -1.34. The van der Waals surface area contributed by atoms with Crippen LogP contribution in [0.3, 0.4) is 0 Å². The predicted octanol–water partition coefficient (Wildman–Crippen LogP) is 3.02. The molecule has 5 heteroatoms. The standard InChI is InChI=1S/C10H6ClF3O/c11-5-1-2-7-6-8(12)3-4-9(7)15-10(13)14/h3-4,6,10H,5H2. The van der Waals surface area contributed by atoms with E-state index in [1.54, 1.807) is 0 Å². The Morgan fingerprint density at radius 1 is 1.40 bits per heavy atom. The minimum Gasteiger partial charge on any atom is -0.433 e. The van der Waals surface area contributed by atoms with Crippen molar-refractivity contribution in [2.75, 3.05) is 5.88 Å². The van der Waals surface area contributed by atoms with Gasteiger partial charge in [0.25, 0.3) is 0 Å². The Kier molecular flexibility index (Phi) is 4.32. The van der Waals surface area contributed by atoms with Crippen molar-refractivity contribution < 1.29 is 17.9 Å². The Morgan fingerprint density at radius 2 is 2.13 bits per heavy atom.